The van der Waals surface area contributed by atoms with Crippen LogP contribution in [0.15, 0.2) is 24.5 Å². The van der Waals surface area contributed by atoms with Gasteiger partial charge in [0, 0.05) is 38.1 Å². The molecule has 2 fully saturated rings. The number of hydrogen-bond acceptors (Lipinski definition) is 4. The molecule has 2 heterocycles. The Balaban J connectivity index is 1.57. The molecule has 1 atom stereocenters. The lowest BCUT2D eigenvalue weighted by Gasteiger charge is -2.37. The van der Waals surface area contributed by atoms with Gasteiger partial charge in [-0.25, -0.2) is 9.59 Å². The van der Waals surface area contributed by atoms with Crippen LogP contribution in [0.1, 0.15) is 58.4 Å². The van der Waals surface area contributed by atoms with E-state index in [0.717, 1.165) is 37.7 Å². The maximum atomic E-state index is 12.8. The lowest BCUT2D eigenvalue weighted by Crippen LogP contribution is -2.52. The van der Waals surface area contributed by atoms with E-state index >= 15 is 0 Å². The molecule has 3 amide bonds. The standard InChI is InChI=1S/C21H32N4O3/c1-21(2,3)28-20(27)24-13-5-4-6-18(24)14-23-19(26)25(17-7-8-17)15-16-9-11-22-12-10-16/h9-12,17-18H,4-8,13-15H2,1-3H3,(H,23,26). The Labute approximate surface area is 167 Å². The van der Waals surface area contributed by atoms with E-state index in [2.05, 4.69) is 10.3 Å². The molecule has 1 saturated carbocycles. The molecule has 2 aliphatic rings. The Hall–Kier alpha value is -2.31. The van der Waals surface area contributed by atoms with Crippen LogP contribution < -0.4 is 5.32 Å². The maximum Gasteiger partial charge on any atom is 0.410 e. The van der Waals surface area contributed by atoms with Gasteiger partial charge in [-0.15, -0.1) is 0 Å². The van der Waals surface area contributed by atoms with Crippen LogP contribution in [0, 0.1) is 0 Å². The number of hydrogen-bond donors (Lipinski definition) is 1. The van der Waals surface area contributed by atoms with E-state index in [-0.39, 0.29) is 18.2 Å². The molecular weight excluding hydrogens is 356 g/mol. The van der Waals surface area contributed by atoms with Gasteiger partial charge in [-0.3, -0.25) is 4.98 Å². The summed E-state index contributed by atoms with van der Waals surface area (Å²) in [6.07, 6.45) is 8.22. The molecule has 0 radical (unpaired) electrons. The zero-order chi connectivity index (χ0) is 20.1. The van der Waals surface area contributed by atoms with E-state index in [1.165, 1.54) is 0 Å². The highest BCUT2D eigenvalue weighted by Crippen LogP contribution is 2.28. The predicted molar refractivity (Wildman–Crippen MR) is 107 cm³/mol. The van der Waals surface area contributed by atoms with Crippen molar-refractivity contribution in [1.29, 1.82) is 0 Å². The third-order valence-corrected chi connectivity index (χ3v) is 5.09. The second-order valence-electron chi connectivity index (χ2n) is 8.72. The van der Waals surface area contributed by atoms with Crippen molar-refractivity contribution in [2.45, 2.75) is 77.1 Å². The third-order valence-electron chi connectivity index (χ3n) is 5.09. The number of pyridine rings is 1. The Bertz CT molecular complexity index is 670. The van der Waals surface area contributed by atoms with Gasteiger partial charge in [0.05, 0.1) is 6.04 Å². The van der Waals surface area contributed by atoms with Crippen molar-refractivity contribution in [3.63, 3.8) is 0 Å². The second-order valence-corrected chi connectivity index (χ2v) is 8.72. The number of amides is 3. The number of piperidine rings is 1. The minimum Gasteiger partial charge on any atom is -0.444 e. The van der Waals surface area contributed by atoms with Gasteiger partial charge in [-0.05, 0) is 70.6 Å². The quantitative estimate of drug-likeness (QED) is 0.837. The van der Waals surface area contributed by atoms with E-state index in [0.29, 0.717) is 25.7 Å². The van der Waals surface area contributed by atoms with E-state index < -0.39 is 5.60 Å². The van der Waals surface area contributed by atoms with Gasteiger partial charge in [0.1, 0.15) is 5.60 Å². The largest absolute Gasteiger partial charge is 0.444 e. The molecule has 1 aromatic rings. The van der Waals surface area contributed by atoms with Crippen LogP contribution in [0.2, 0.25) is 0 Å². The fourth-order valence-electron chi connectivity index (χ4n) is 3.52. The number of nitrogens with one attached hydrogen (secondary N) is 1. The average molecular weight is 389 g/mol. The molecule has 1 saturated heterocycles. The summed E-state index contributed by atoms with van der Waals surface area (Å²) in [5, 5.41) is 3.06. The number of urea groups is 1. The van der Waals surface area contributed by atoms with Crippen LogP contribution in [0.3, 0.4) is 0 Å². The SMILES string of the molecule is CC(C)(C)OC(=O)N1CCCCC1CNC(=O)N(Cc1ccncc1)C1CC1. The zero-order valence-electron chi connectivity index (χ0n) is 17.2. The van der Waals surface area contributed by atoms with Crippen LogP contribution in [0.25, 0.3) is 0 Å². The molecule has 1 aliphatic carbocycles. The summed E-state index contributed by atoms with van der Waals surface area (Å²) in [6.45, 7) is 7.34. The molecule has 0 bridgehead atoms. The molecule has 1 aliphatic heterocycles. The summed E-state index contributed by atoms with van der Waals surface area (Å²) in [4.78, 5) is 33.1. The summed E-state index contributed by atoms with van der Waals surface area (Å²) in [5.74, 6) is 0. The first kappa shape index (κ1) is 20.4. The highest BCUT2D eigenvalue weighted by molar-refractivity contribution is 5.75. The molecule has 28 heavy (non-hydrogen) atoms. The molecule has 0 spiro atoms. The molecule has 7 nitrogen and oxygen atoms in total. The minimum absolute atomic E-state index is 0.0190. The molecular formula is C21H32N4O3. The number of ether oxygens (including phenoxy) is 1. The smallest absolute Gasteiger partial charge is 0.410 e. The lowest BCUT2D eigenvalue weighted by atomic mass is 10.0. The number of rotatable bonds is 5. The molecule has 1 aromatic heterocycles. The summed E-state index contributed by atoms with van der Waals surface area (Å²) >= 11 is 0. The summed E-state index contributed by atoms with van der Waals surface area (Å²) in [7, 11) is 0. The molecule has 0 aromatic carbocycles. The Morgan fingerprint density at radius 1 is 1.21 bits per heavy atom. The Morgan fingerprint density at radius 2 is 1.93 bits per heavy atom. The van der Waals surface area contributed by atoms with Crippen molar-refractivity contribution in [2.75, 3.05) is 13.1 Å². The van der Waals surface area contributed by atoms with Crippen LogP contribution >= 0.6 is 0 Å². The van der Waals surface area contributed by atoms with Crippen molar-refractivity contribution in [3.05, 3.63) is 30.1 Å². The first-order valence-corrected chi connectivity index (χ1v) is 10.3. The second kappa shape index (κ2) is 8.80. The van der Waals surface area contributed by atoms with Crippen LogP contribution in [-0.2, 0) is 11.3 Å². The highest BCUT2D eigenvalue weighted by atomic mass is 16.6. The zero-order valence-corrected chi connectivity index (χ0v) is 17.2. The van der Waals surface area contributed by atoms with Gasteiger partial charge >= 0.3 is 12.1 Å². The average Bonchev–Trinajstić information content (AvgIpc) is 3.49. The van der Waals surface area contributed by atoms with Crippen molar-refractivity contribution in [1.82, 2.24) is 20.1 Å². The summed E-state index contributed by atoms with van der Waals surface area (Å²) in [6, 6.07) is 4.10. The van der Waals surface area contributed by atoms with Gasteiger partial charge < -0.3 is 19.9 Å². The van der Waals surface area contributed by atoms with E-state index in [1.54, 1.807) is 17.3 Å². The fourth-order valence-corrected chi connectivity index (χ4v) is 3.52. The van der Waals surface area contributed by atoms with Crippen LogP contribution in [-0.4, -0.2) is 57.7 Å². The van der Waals surface area contributed by atoms with Gasteiger partial charge in [0.2, 0.25) is 0 Å². The normalized spacial score (nSPS) is 19.8. The lowest BCUT2D eigenvalue weighted by molar-refractivity contribution is 0.0100. The maximum absolute atomic E-state index is 12.8. The number of aromatic nitrogens is 1. The molecule has 1 N–H and O–H groups in total. The van der Waals surface area contributed by atoms with Crippen molar-refractivity contribution in [2.24, 2.45) is 0 Å². The third kappa shape index (κ3) is 5.84. The van der Waals surface area contributed by atoms with E-state index in [4.69, 9.17) is 4.74 Å². The molecule has 7 heteroatoms. The van der Waals surface area contributed by atoms with Gasteiger partial charge in [-0.1, -0.05) is 0 Å². The minimum atomic E-state index is -0.518. The van der Waals surface area contributed by atoms with Crippen LogP contribution in [0.5, 0.6) is 0 Å². The summed E-state index contributed by atoms with van der Waals surface area (Å²) in [5.41, 5.74) is 0.556. The number of likely N-dealkylation sites (tertiary alicyclic amines) is 1. The predicted octanol–water partition coefficient (Wildman–Crippen LogP) is 3.55. The first-order valence-electron chi connectivity index (χ1n) is 10.3. The molecule has 3 rings (SSSR count). The topological polar surface area (TPSA) is 74.8 Å². The summed E-state index contributed by atoms with van der Waals surface area (Å²) < 4.78 is 5.55. The van der Waals surface area contributed by atoms with Crippen molar-refractivity contribution >= 4 is 12.1 Å². The van der Waals surface area contributed by atoms with Gasteiger partial charge in [0.25, 0.3) is 0 Å². The van der Waals surface area contributed by atoms with Crippen LogP contribution in [0.4, 0.5) is 9.59 Å². The number of carbonyl (C=O) groups excluding carboxylic acids is 2. The van der Waals surface area contributed by atoms with Gasteiger partial charge in [-0.2, -0.15) is 0 Å². The van der Waals surface area contributed by atoms with E-state index in [9.17, 15) is 9.59 Å². The fraction of sp³-hybridized carbons (Fsp3) is 0.667. The van der Waals surface area contributed by atoms with E-state index in [1.807, 2.05) is 37.8 Å². The molecule has 1 unspecified atom stereocenters. The van der Waals surface area contributed by atoms with Crippen molar-refractivity contribution in [3.8, 4) is 0 Å². The monoisotopic (exact) mass is 388 g/mol. The first-order chi connectivity index (χ1) is 13.3. The highest BCUT2D eigenvalue weighted by Gasteiger charge is 2.34. The Kier molecular flexibility index (Phi) is 6.42. The number of nitrogens with zero attached hydrogens (tertiary/aromatic N) is 3. The molecule has 154 valence electrons. The Morgan fingerprint density at radius 3 is 2.57 bits per heavy atom. The van der Waals surface area contributed by atoms with Gasteiger partial charge in [0.15, 0.2) is 0 Å². The van der Waals surface area contributed by atoms with Crippen molar-refractivity contribution < 1.29 is 14.3 Å². The number of carbonyl (C=O) groups is 2.